The van der Waals surface area contributed by atoms with Crippen molar-refractivity contribution in [3.05, 3.63) is 11.4 Å². The molecule has 0 aromatic carbocycles. The Kier molecular flexibility index (Phi) is 4.29. The zero-order valence-electron chi connectivity index (χ0n) is 12.2. The summed E-state index contributed by atoms with van der Waals surface area (Å²) in [4.78, 5) is 14.3. The van der Waals surface area contributed by atoms with Gasteiger partial charge in [0, 0.05) is 19.6 Å². The third-order valence-corrected chi connectivity index (χ3v) is 3.49. The number of nitrogen functional groups attached to an aromatic ring is 1. The summed E-state index contributed by atoms with van der Waals surface area (Å²) in [6.45, 7) is 6.93. The predicted octanol–water partition coefficient (Wildman–Crippen LogP) is 0.0154. The largest absolute Gasteiger partial charge is 0.395 e. The molecule has 2 unspecified atom stereocenters. The van der Waals surface area contributed by atoms with Crippen LogP contribution in [0.15, 0.2) is 0 Å². The van der Waals surface area contributed by atoms with Gasteiger partial charge < -0.3 is 20.5 Å². The molecule has 0 bridgehead atoms. The van der Waals surface area contributed by atoms with E-state index in [0.29, 0.717) is 36.7 Å². The number of nitrogens with zero attached hydrogens (tertiary/aromatic N) is 3. The highest BCUT2D eigenvalue weighted by molar-refractivity contribution is 5.98. The zero-order chi connectivity index (χ0) is 14.9. The van der Waals surface area contributed by atoms with Crippen molar-refractivity contribution in [3.63, 3.8) is 0 Å². The van der Waals surface area contributed by atoms with Gasteiger partial charge in [0.05, 0.1) is 30.2 Å². The molecule has 0 saturated carbocycles. The quantitative estimate of drug-likeness (QED) is 0.815. The van der Waals surface area contributed by atoms with E-state index in [-0.39, 0.29) is 24.7 Å². The lowest BCUT2D eigenvalue weighted by molar-refractivity contribution is -0.0860. The topological polar surface area (TPSA) is 93.6 Å². The average molecular weight is 282 g/mol. The number of anilines is 1. The lowest BCUT2D eigenvalue weighted by Gasteiger charge is -2.36. The van der Waals surface area contributed by atoms with Gasteiger partial charge in [0.25, 0.3) is 5.91 Å². The lowest BCUT2D eigenvalue weighted by atomic mass is 10.2. The second kappa shape index (κ2) is 5.80. The van der Waals surface area contributed by atoms with Gasteiger partial charge >= 0.3 is 0 Å². The van der Waals surface area contributed by atoms with E-state index in [1.165, 1.54) is 0 Å². The molecule has 1 aliphatic rings. The highest BCUT2D eigenvalue weighted by atomic mass is 16.5. The second-order valence-corrected chi connectivity index (χ2v) is 5.12. The van der Waals surface area contributed by atoms with Crippen LogP contribution in [0.5, 0.6) is 0 Å². The van der Waals surface area contributed by atoms with Crippen LogP contribution < -0.4 is 5.73 Å². The monoisotopic (exact) mass is 282 g/mol. The van der Waals surface area contributed by atoms with Gasteiger partial charge in [0.1, 0.15) is 5.69 Å². The molecule has 3 N–H and O–H groups in total. The molecule has 1 fully saturated rings. The smallest absolute Gasteiger partial charge is 0.274 e. The van der Waals surface area contributed by atoms with E-state index in [4.69, 9.17) is 10.5 Å². The summed E-state index contributed by atoms with van der Waals surface area (Å²) < 4.78 is 7.17. The molecule has 2 atom stereocenters. The van der Waals surface area contributed by atoms with Crippen LogP contribution in [0.25, 0.3) is 0 Å². The van der Waals surface area contributed by atoms with Crippen LogP contribution >= 0.6 is 0 Å². The Morgan fingerprint density at radius 3 is 2.85 bits per heavy atom. The minimum atomic E-state index is -0.344. The number of carbonyl (C=O) groups is 1. The van der Waals surface area contributed by atoms with Crippen molar-refractivity contribution in [2.75, 3.05) is 25.4 Å². The Labute approximate surface area is 118 Å². The molecule has 1 saturated heterocycles. The number of hydrogen-bond donors (Lipinski definition) is 2. The number of aliphatic hydroxyl groups is 1. The molecular weight excluding hydrogens is 260 g/mol. The molecule has 112 valence electrons. The van der Waals surface area contributed by atoms with Crippen LogP contribution in [0.4, 0.5) is 5.69 Å². The maximum absolute atomic E-state index is 12.7. The van der Waals surface area contributed by atoms with Crippen molar-refractivity contribution in [3.8, 4) is 0 Å². The molecule has 0 radical (unpaired) electrons. The standard InChI is InChI=1S/C13H22N4O3/c1-4-17-12(11(14)9(3)15-17)13(19)16-5-8(2)20-10(6-16)7-18/h8,10,18H,4-7,14H2,1-3H3. The Hall–Kier alpha value is -1.60. The third kappa shape index (κ3) is 2.64. The Bertz CT molecular complexity index is 500. The molecule has 7 heteroatoms. The number of amides is 1. The summed E-state index contributed by atoms with van der Waals surface area (Å²) in [7, 11) is 0. The molecule has 2 rings (SSSR count). The van der Waals surface area contributed by atoms with Gasteiger partial charge in [-0.2, -0.15) is 5.10 Å². The van der Waals surface area contributed by atoms with Crippen molar-refractivity contribution in [1.82, 2.24) is 14.7 Å². The van der Waals surface area contributed by atoms with Gasteiger partial charge in [0.15, 0.2) is 0 Å². The minimum Gasteiger partial charge on any atom is -0.395 e. The Morgan fingerprint density at radius 2 is 2.25 bits per heavy atom. The normalized spacial score (nSPS) is 23.1. The number of carbonyl (C=O) groups excluding carboxylic acids is 1. The van der Waals surface area contributed by atoms with Gasteiger partial charge in [-0.1, -0.05) is 0 Å². The first kappa shape index (κ1) is 14.8. The van der Waals surface area contributed by atoms with E-state index in [9.17, 15) is 9.90 Å². The molecule has 1 amide bonds. The average Bonchev–Trinajstić information content (AvgIpc) is 2.72. The molecular formula is C13H22N4O3. The highest BCUT2D eigenvalue weighted by Gasteiger charge is 2.31. The molecule has 7 nitrogen and oxygen atoms in total. The molecule has 0 spiro atoms. The predicted molar refractivity (Wildman–Crippen MR) is 74.4 cm³/mol. The van der Waals surface area contributed by atoms with Gasteiger partial charge in [-0.3, -0.25) is 9.48 Å². The number of aliphatic hydroxyl groups excluding tert-OH is 1. The summed E-state index contributed by atoms with van der Waals surface area (Å²) in [5, 5.41) is 13.5. The number of aryl methyl sites for hydroxylation is 2. The summed E-state index contributed by atoms with van der Waals surface area (Å²) in [6, 6.07) is 0. The van der Waals surface area contributed by atoms with Gasteiger partial charge in [-0.05, 0) is 20.8 Å². The zero-order valence-corrected chi connectivity index (χ0v) is 12.2. The summed E-state index contributed by atoms with van der Waals surface area (Å²) in [5.74, 6) is -0.154. The number of rotatable bonds is 3. The van der Waals surface area contributed by atoms with Crippen molar-refractivity contribution >= 4 is 11.6 Å². The molecule has 20 heavy (non-hydrogen) atoms. The van der Waals surface area contributed by atoms with E-state index >= 15 is 0 Å². The maximum Gasteiger partial charge on any atom is 0.274 e. The number of hydrogen-bond acceptors (Lipinski definition) is 5. The van der Waals surface area contributed by atoms with Crippen molar-refractivity contribution in [1.29, 1.82) is 0 Å². The first-order valence-corrected chi connectivity index (χ1v) is 6.86. The summed E-state index contributed by atoms with van der Waals surface area (Å²) in [5.41, 5.74) is 7.49. The van der Waals surface area contributed by atoms with E-state index in [0.717, 1.165) is 0 Å². The molecule has 1 aromatic rings. The van der Waals surface area contributed by atoms with Crippen LogP contribution in [0.1, 0.15) is 30.0 Å². The fourth-order valence-corrected chi connectivity index (χ4v) is 2.51. The van der Waals surface area contributed by atoms with Crippen LogP contribution in [0, 0.1) is 6.92 Å². The first-order chi connectivity index (χ1) is 9.47. The van der Waals surface area contributed by atoms with Crippen LogP contribution in [0.3, 0.4) is 0 Å². The Morgan fingerprint density at radius 1 is 1.55 bits per heavy atom. The Balaban J connectivity index is 2.27. The first-order valence-electron chi connectivity index (χ1n) is 6.86. The number of ether oxygens (including phenoxy) is 1. The number of nitrogens with two attached hydrogens (primary N) is 1. The van der Waals surface area contributed by atoms with Crippen molar-refractivity contribution in [2.24, 2.45) is 0 Å². The molecule has 0 aliphatic carbocycles. The van der Waals surface area contributed by atoms with Crippen LogP contribution in [-0.2, 0) is 11.3 Å². The lowest BCUT2D eigenvalue weighted by Crippen LogP contribution is -2.50. The highest BCUT2D eigenvalue weighted by Crippen LogP contribution is 2.21. The maximum atomic E-state index is 12.7. The molecule has 1 aliphatic heterocycles. The van der Waals surface area contributed by atoms with E-state index in [2.05, 4.69) is 5.10 Å². The fourth-order valence-electron chi connectivity index (χ4n) is 2.51. The van der Waals surface area contributed by atoms with E-state index in [1.807, 2.05) is 13.8 Å². The van der Waals surface area contributed by atoms with Gasteiger partial charge in [-0.25, -0.2) is 0 Å². The van der Waals surface area contributed by atoms with Crippen LogP contribution in [-0.4, -0.2) is 57.6 Å². The van der Waals surface area contributed by atoms with E-state index < -0.39 is 0 Å². The summed E-state index contributed by atoms with van der Waals surface area (Å²) in [6.07, 6.45) is -0.451. The second-order valence-electron chi connectivity index (χ2n) is 5.12. The number of morpholine rings is 1. The SMILES string of the molecule is CCn1nc(C)c(N)c1C(=O)N1CC(C)OC(CO)C1. The summed E-state index contributed by atoms with van der Waals surface area (Å²) >= 11 is 0. The third-order valence-electron chi connectivity index (χ3n) is 3.49. The van der Waals surface area contributed by atoms with Gasteiger partial charge in [0.2, 0.25) is 0 Å². The van der Waals surface area contributed by atoms with Crippen molar-refractivity contribution in [2.45, 2.75) is 39.5 Å². The number of aromatic nitrogens is 2. The fraction of sp³-hybridized carbons (Fsp3) is 0.692. The van der Waals surface area contributed by atoms with Crippen molar-refractivity contribution < 1.29 is 14.6 Å². The van der Waals surface area contributed by atoms with E-state index in [1.54, 1.807) is 16.5 Å². The van der Waals surface area contributed by atoms with Crippen LogP contribution in [0.2, 0.25) is 0 Å². The molecule has 2 heterocycles. The molecule has 1 aromatic heterocycles. The minimum absolute atomic E-state index is 0.102. The van der Waals surface area contributed by atoms with Gasteiger partial charge in [-0.15, -0.1) is 0 Å².